The van der Waals surface area contributed by atoms with Crippen molar-refractivity contribution in [2.75, 3.05) is 0 Å². The van der Waals surface area contributed by atoms with Gasteiger partial charge in [-0.05, 0) is 24.6 Å². The first kappa shape index (κ1) is 10.5. The van der Waals surface area contributed by atoms with Crippen molar-refractivity contribution in [1.29, 1.82) is 0 Å². The monoisotopic (exact) mass is 226 g/mol. The van der Waals surface area contributed by atoms with Crippen molar-refractivity contribution in [2.24, 2.45) is 12.8 Å². The fraction of sp³-hybridized carbons (Fsp3) is 0.273. The molecule has 2 N–H and O–H groups in total. The first-order valence-corrected chi connectivity index (χ1v) is 5.07. The van der Waals surface area contributed by atoms with Gasteiger partial charge in [0.05, 0.1) is 10.5 Å². The van der Waals surface area contributed by atoms with Crippen molar-refractivity contribution in [3.05, 3.63) is 34.2 Å². The van der Waals surface area contributed by atoms with Gasteiger partial charge in [0.2, 0.25) is 0 Å². The summed E-state index contributed by atoms with van der Waals surface area (Å²) in [5.41, 5.74) is 8.48. The number of nitrogens with two attached hydrogens (primary N) is 1. The van der Waals surface area contributed by atoms with Crippen molar-refractivity contribution < 1.29 is 4.39 Å². The molecule has 4 heteroatoms. The van der Waals surface area contributed by atoms with Gasteiger partial charge in [-0.3, -0.25) is 0 Å². The van der Waals surface area contributed by atoms with Gasteiger partial charge in [-0.15, -0.1) is 0 Å². The number of benzene rings is 1. The molecule has 0 spiro atoms. The maximum absolute atomic E-state index is 13.2. The molecule has 80 valence electrons. The Bertz CT molecular complexity index is 531. The highest BCUT2D eigenvalue weighted by molar-refractivity contribution is 6.35. The molecular formula is C11H12ClFN2. The Balaban J connectivity index is 2.97. The highest BCUT2D eigenvalue weighted by Gasteiger charge is 2.14. The molecule has 0 aliphatic heterocycles. The fourth-order valence-corrected chi connectivity index (χ4v) is 2.29. The van der Waals surface area contributed by atoms with Crippen LogP contribution in [0.5, 0.6) is 0 Å². The molecule has 0 bridgehead atoms. The van der Waals surface area contributed by atoms with E-state index in [0.717, 1.165) is 22.2 Å². The Morgan fingerprint density at radius 1 is 1.47 bits per heavy atom. The number of aromatic nitrogens is 1. The first-order chi connectivity index (χ1) is 7.06. The van der Waals surface area contributed by atoms with E-state index in [1.54, 1.807) is 0 Å². The van der Waals surface area contributed by atoms with Gasteiger partial charge in [0.15, 0.2) is 0 Å². The van der Waals surface area contributed by atoms with Gasteiger partial charge in [-0.2, -0.15) is 0 Å². The number of nitrogens with zero attached hydrogens (tertiary/aromatic N) is 1. The van der Waals surface area contributed by atoms with Crippen molar-refractivity contribution in [1.82, 2.24) is 4.57 Å². The van der Waals surface area contributed by atoms with Crippen LogP contribution in [0.15, 0.2) is 12.1 Å². The smallest absolute Gasteiger partial charge is 0.125 e. The SMILES string of the molecule is Cc1c(CN)c2cc(F)cc(Cl)c2n1C. The molecule has 0 atom stereocenters. The second-order valence-corrected chi connectivity index (χ2v) is 4.02. The number of aryl methyl sites for hydroxylation is 1. The summed E-state index contributed by atoms with van der Waals surface area (Å²) in [5.74, 6) is -0.326. The third-order valence-corrected chi connectivity index (χ3v) is 3.12. The molecule has 1 aromatic carbocycles. The zero-order chi connectivity index (χ0) is 11.2. The largest absolute Gasteiger partial charge is 0.346 e. The summed E-state index contributed by atoms with van der Waals surface area (Å²) in [6.07, 6.45) is 0. The minimum Gasteiger partial charge on any atom is -0.346 e. The fourth-order valence-electron chi connectivity index (χ4n) is 1.96. The average Bonchev–Trinajstić information content (AvgIpc) is 2.39. The lowest BCUT2D eigenvalue weighted by atomic mass is 10.1. The summed E-state index contributed by atoms with van der Waals surface area (Å²) < 4.78 is 15.2. The summed E-state index contributed by atoms with van der Waals surface area (Å²) in [5, 5.41) is 1.23. The zero-order valence-electron chi connectivity index (χ0n) is 8.64. The van der Waals surface area contributed by atoms with Crippen LogP contribution in [0.1, 0.15) is 11.3 Å². The summed E-state index contributed by atoms with van der Waals surface area (Å²) in [4.78, 5) is 0. The molecule has 0 fully saturated rings. The topological polar surface area (TPSA) is 30.9 Å². The maximum Gasteiger partial charge on any atom is 0.125 e. The van der Waals surface area contributed by atoms with Crippen LogP contribution in [0, 0.1) is 12.7 Å². The third kappa shape index (κ3) is 1.43. The molecular weight excluding hydrogens is 215 g/mol. The molecule has 1 heterocycles. The maximum atomic E-state index is 13.2. The molecule has 0 amide bonds. The van der Waals surface area contributed by atoms with Crippen LogP contribution >= 0.6 is 11.6 Å². The Morgan fingerprint density at radius 2 is 2.13 bits per heavy atom. The van der Waals surface area contributed by atoms with E-state index in [2.05, 4.69) is 0 Å². The van der Waals surface area contributed by atoms with Gasteiger partial charge < -0.3 is 10.3 Å². The molecule has 2 aromatic rings. The second-order valence-electron chi connectivity index (χ2n) is 3.61. The van der Waals surface area contributed by atoms with Crippen LogP contribution in [0.2, 0.25) is 5.02 Å². The number of rotatable bonds is 1. The van der Waals surface area contributed by atoms with E-state index >= 15 is 0 Å². The lowest BCUT2D eigenvalue weighted by Crippen LogP contribution is -1.99. The van der Waals surface area contributed by atoms with Crippen molar-refractivity contribution in [3.63, 3.8) is 0 Å². The first-order valence-electron chi connectivity index (χ1n) is 4.69. The predicted molar refractivity (Wildman–Crippen MR) is 60.5 cm³/mol. The van der Waals surface area contributed by atoms with Crippen LogP contribution < -0.4 is 5.73 Å². The molecule has 0 unspecified atom stereocenters. The van der Waals surface area contributed by atoms with E-state index in [-0.39, 0.29) is 5.82 Å². The quantitative estimate of drug-likeness (QED) is 0.797. The molecule has 0 aliphatic carbocycles. The Kier molecular flexibility index (Phi) is 2.44. The van der Waals surface area contributed by atoms with E-state index < -0.39 is 0 Å². The van der Waals surface area contributed by atoms with Gasteiger partial charge in [0, 0.05) is 24.7 Å². The molecule has 1 aromatic heterocycles. The van der Waals surface area contributed by atoms with Crippen LogP contribution in [0.4, 0.5) is 4.39 Å². The molecule has 0 radical (unpaired) electrons. The standard InChI is InChI=1S/C11H12ClFN2/c1-6-9(5-14)8-3-7(13)4-10(12)11(8)15(6)2/h3-4H,5,14H2,1-2H3. The van der Waals surface area contributed by atoms with Crippen molar-refractivity contribution in [3.8, 4) is 0 Å². The molecule has 0 saturated carbocycles. The Labute approximate surface area is 92.4 Å². The van der Waals surface area contributed by atoms with Gasteiger partial charge in [-0.1, -0.05) is 11.6 Å². The molecule has 2 rings (SSSR count). The lowest BCUT2D eigenvalue weighted by molar-refractivity contribution is 0.629. The summed E-state index contributed by atoms with van der Waals surface area (Å²) in [6, 6.07) is 2.81. The Hall–Kier alpha value is -1.06. The van der Waals surface area contributed by atoms with Crippen LogP contribution in [-0.4, -0.2) is 4.57 Å². The van der Waals surface area contributed by atoms with E-state index in [0.29, 0.717) is 11.6 Å². The Morgan fingerprint density at radius 3 is 2.73 bits per heavy atom. The molecule has 0 aliphatic rings. The zero-order valence-corrected chi connectivity index (χ0v) is 9.40. The van der Waals surface area contributed by atoms with E-state index in [4.69, 9.17) is 17.3 Å². The summed E-state index contributed by atoms with van der Waals surface area (Å²) in [6.45, 7) is 2.35. The van der Waals surface area contributed by atoms with E-state index in [1.165, 1.54) is 12.1 Å². The van der Waals surface area contributed by atoms with Crippen molar-refractivity contribution in [2.45, 2.75) is 13.5 Å². The average molecular weight is 227 g/mol. The number of hydrogen-bond donors (Lipinski definition) is 1. The minimum absolute atomic E-state index is 0.326. The molecule has 15 heavy (non-hydrogen) atoms. The summed E-state index contributed by atoms with van der Waals surface area (Å²) in [7, 11) is 1.90. The van der Waals surface area contributed by atoms with Crippen LogP contribution in [0.3, 0.4) is 0 Å². The van der Waals surface area contributed by atoms with Gasteiger partial charge in [-0.25, -0.2) is 4.39 Å². The van der Waals surface area contributed by atoms with E-state index in [9.17, 15) is 4.39 Å². The number of halogens is 2. The van der Waals surface area contributed by atoms with Crippen LogP contribution in [0.25, 0.3) is 10.9 Å². The minimum atomic E-state index is -0.326. The third-order valence-electron chi connectivity index (χ3n) is 2.83. The molecule has 2 nitrogen and oxygen atoms in total. The van der Waals surface area contributed by atoms with E-state index in [1.807, 2.05) is 18.5 Å². The highest BCUT2D eigenvalue weighted by Crippen LogP contribution is 2.31. The number of fused-ring (bicyclic) bond motifs is 1. The van der Waals surface area contributed by atoms with Crippen LogP contribution in [-0.2, 0) is 13.6 Å². The number of hydrogen-bond acceptors (Lipinski definition) is 1. The summed E-state index contributed by atoms with van der Waals surface area (Å²) >= 11 is 6.01. The van der Waals surface area contributed by atoms with Gasteiger partial charge in [0.25, 0.3) is 0 Å². The molecule has 0 saturated heterocycles. The van der Waals surface area contributed by atoms with Crippen molar-refractivity contribution >= 4 is 22.5 Å². The highest BCUT2D eigenvalue weighted by atomic mass is 35.5. The normalized spacial score (nSPS) is 11.3. The predicted octanol–water partition coefficient (Wildman–Crippen LogP) is 2.74. The van der Waals surface area contributed by atoms with Gasteiger partial charge in [0.1, 0.15) is 5.82 Å². The second kappa shape index (κ2) is 3.51. The van der Waals surface area contributed by atoms with Gasteiger partial charge >= 0.3 is 0 Å². The lowest BCUT2D eigenvalue weighted by Gasteiger charge is -2.00.